The maximum Gasteiger partial charge on any atom is 0.267 e. The van der Waals surface area contributed by atoms with Crippen LogP contribution in [0.4, 0.5) is 0 Å². The molecule has 6 nitrogen and oxygen atoms in total. The van der Waals surface area contributed by atoms with Crippen LogP contribution in [-0.2, 0) is 9.53 Å². The molecule has 2 fully saturated rings. The molecule has 0 N–H and O–H groups in total. The van der Waals surface area contributed by atoms with Gasteiger partial charge in [-0.2, -0.15) is 0 Å². The molecular weight excluding hydrogens is 308 g/mol. The Morgan fingerprint density at radius 2 is 1.88 bits per heavy atom. The number of morpholine rings is 1. The minimum atomic E-state index is -0.546. The third kappa shape index (κ3) is 2.96. The molecule has 0 unspecified atom stereocenters. The summed E-state index contributed by atoms with van der Waals surface area (Å²) in [7, 11) is 0. The van der Waals surface area contributed by atoms with Gasteiger partial charge in [0.2, 0.25) is 6.10 Å². The fourth-order valence-corrected chi connectivity index (χ4v) is 3.86. The lowest BCUT2D eigenvalue weighted by molar-refractivity contribution is -0.140. The molecule has 0 spiro atoms. The normalized spacial score (nSPS) is 30.4. The third-order valence-electron chi connectivity index (χ3n) is 5.18. The summed E-state index contributed by atoms with van der Waals surface area (Å²) in [5, 5.41) is 0. The lowest BCUT2D eigenvalue weighted by Gasteiger charge is -2.34. The number of amides is 1. The van der Waals surface area contributed by atoms with Gasteiger partial charge in [-0.3, -0.25) is 9.69 Å². The van der Waals surface area contributed by atoms with Crippen LogP contribution in [0.15, 0.2) is 24.3 Å². The van der Waals surface area contributed by atoms with Gasteiger partial charge in [0.15, 0.2) is 11.5 Å². The molecule has 4 rings (SSSR count). The van der Waals surface area contributed by atoms with Crippen LogP contribution >= 0.6 is 0 Å². The predicted octanol–water partition coefficient (Wildman–Crippen LogP) is 1.01. The topological polar surface area (TPSA) is 51.2 Å². The van der Waals surface area contributed by atoms with Crippen LogP contribution in [0.5, 0.6) is 11.5 Å². The van der Waals surface area contributed by atoms with Gasteiger partial charge >= 0.3 is 0 Å². The molecule has 24 heavy (non-hydrogen) atoms. The lowest BCUT2D eigenvalue weighted by Crippen LogP contribution is -2.49. The highest BCUT2D eigenvalue weighted by Crippen LogP contribution is 2.32. The van der Waals surface area contributed by atoms with E-state index in [4.69, 9.17) is 14.2 Å². The van der Waals surface area contributed by atoms with E-state index in [0.29, 0.717) is 23.5 Å². The zero-order valence-corrected chi connectivity index (χ0v) is 14.0. The SMILES string of the molecule is C[C@@H]1CN(C(=O)[C@H]2COc3ccccc3O2)C[C@H]1N1CCOCC1. The molecule has 0 bridgehead atoms. The number of carbonyl (C=O) groups is 1. The molecule has 1 aromatic carbocycles. The second-order valence-electron chi connectivity index (χ2n) is 6.80. The Bertz CT molecular complexity index is 602. The highest BCUT2D eigenvalue weighted by atomic mass is 16.6. The monoisotopic (exact) mass is 332 g/mol. The Kier molecular flexibility index (Phi) is 4.33. The van der Waals surface area contributed by atoms with E-state index in [2.05, 4.69) is 11.8 Å². The van der Waals surface area contributed by atoms with Crippen molar-refractivity contribution in [1.82, 2.24) is 9.80 Å². The number of hydrogen-bond donors (Lipinski definition) is 0. The van der Waals surface area contributed by atoms with Gasteiger partial charge in [-0.1, -0.05) is 19.1 Å². The highest BCUT2D eigenvalue weighted by molar-refractivity contribution is 5.82. The van der Waals surface area contributed by atoms with Gasteiger partial charge in [-0.05, 0) is 18.1 Å². The van der Waals surface area contributed by atoms with Gasteiger partial charge < -0.3 is 19.1 Å². The van der Waals surface area contributed by atoms with E-state index < -0.39 is 6.10 Å². The number of carbonyl (C=O) groups excluding carboxylic acids is 1. The fourth-order valence-electron chi connectivity index (χ4n) is 3.86. The summed E-state index contributed by atoms with van der Waals surface area (Å²) in [6.07, 6.45) is -0.546. The Balaban J connectivity index is 1.40. The number of hydrogen-bond acceptors (Lipinski definition) is 5. The number of likely N-dealkylation sites (tertiary alicyclic amines) is 1. The van der Waals surface area contributed by atoms with E-state index in [1.54, 1.807) is 0 Å². The van der Waals surface area contributed by atoms with Gasteiger partial charge in [-0.15, -0.1) is 0 Å². The Labute approximate surface area is 142 Å². The van der Waals surface area contributed by atoms with Crippen molar-refractivity contribution >= 4 is 5.91 Å². The first kappa shape index (κ1) is 15.7. The number of para-hydroxylation sites is 2. The lowest BCUT2D eigenvalue weighted by atomic mass is 10.0. The maximum atomic E-state index is 12.9. The van der Waals surface area contributed by atoms with E-state index in [1.165, 1.54) is 0 Å². The summed E-state index contributed by atoms with van der Waals surface area (Å²) < 4.78 is 17.0. The van der Waals surface area contributed by atoms with Crippen LogP contribution in [0.25, 0.3) is 0 Å². The number of nitrogens with zero attached hydrogens (tertiary/aromatic N) is 2. The summed E-state index contributed by atoms with van der Waals surface area (Å²) in [5.74, 6) is 1.86. The molecule has 6 heteroatoms. The van der Waals surface area contributed by atoms with Crippen LogP contribution in [0.2, 0.25) is 0 Å². The van der Waals surface area contributed by atoms with Gasteiger partial charge in [-0.25, -0.2) is 0 Å². The molecule has 2 saturated heterocycles. The summed E-state index contributed by atoms with van der Waals surface area (Å²) in [6, 6.07) is 7.91. The molecule has 3 aliphatic heterocycles. The van der Waals surface area contributed by atoms with Crippen molar-refractivity contribution in [1.29, 1.82) is 0 Å². The molecule has 0 aliphatic carbocycles. The summed E-state index contributed by atoms with van der Waals surface area (Å²) in [5.41, 5.74) is 0. The van der Waals surface area contributed by atoms with E-state index in [-0.39, 0.29) is 12.5 Å². The molecule has 1 amide bonds. The van der Waals surface area contributed by atoms with Crippen molar-refractivity contribution in [2.45, 2.75) is 19.1 Å². The smallest absolute Gasteiger partial charge is 0.267 e. The quantitative estimate of drug-likeness (QED) is 0.809. The minimum absolute atomic E-state index is 0.0344. The van der Waals surface area contributed by atoms with Crippen molar-refractivity contribution in [3.05, 3.63) is 24.3 Å². The van der Waals surface area contributed by atoms with E-state index in [9.17, 15) is 4.79 Å². The largest absolute Gasteiger partial charge is 0.485 e. The summed E-state index contributed by atoms with van der Waals surface area (Å²) in [6.45, 7) is 7.52. The second kappa shape index (κ2) is 6.61. The first-order valence-corrected chi connectivity index (χ1v) is 8.71. The average molecular weight is 332 g/mol. The molecule has 3 atom stereocenters. The Hall–Kier alpha value is -1.79. The van der Waals surface area contributed by atoms with Crippen LogP contribution in [0, 0.1) is 5.92 Å². The van der Waals surface area contributed by atoms with E-state index in [1.807, 2.05) is 29.2 Å². The fraction of sp³-hybridized carbons (Fsp3) is 0.611. The van der Waals surface area contributed by atoms with Crippen LogP contribution < -0.4 is 9.47 Å². The molecule has 3 aliphatic rings. The first-order valence-electron chi connectivity index (χ1n) is 8.71. The number of rotatable bonds is 2. The molecule has 0 saturated carbocycles. The predicted molar refractivity (Wildman–Crippen MR) is 88.3 cm³/mol. The van der Waals surface area contributed by atoms with Crippen LogP contribution in [0.3, 0.4) is 0 Å². The van der Waals surface area contributed by atoms with E-state index >= 15 is 0 Å². The minimum Gasteiger partial charge on any atom is -0.485 e. The third-order valence-corrected chi connectivity index (χ3v) is 5.18. The second-order valence-corrected chi connectivity index (χ2v) is 6.80. The van der Waals surface area contributed by atoms with Crippen molar-refractivity contribution in [2.75, 3.05) is 46.0 Å². The Morgan fingerprint density at radius 3 is 2.67 bits per heavy atom. The maximum absolute atomic E-state index is 12.9. The van der Waals surface area contributed by atoms with Crippen molar-refractivity contribution < 1.29 is 19.0 Å². The van der Waals surface area contributed by atoms with Crippen molar-refractivity contribution in [3.63, 3.8) is 0 Å². The molecule has 130 valence electrons. The number of ether oxygens (including phenoxy) is 3. The van der Waals surface area contributed by atoms with Crippen LogP contribution in [-0.4, -0.2) is 73.9 Å². The van der Waals surface area contributed by atoms with Gasteiger partial charge in [0, 0.05) is 32.2 Å². The highest BCUT2D eigenvalue weighted by Gasteiger charge is 2.40. The van der Waals surface area contributed by atoms with Crippen molar-refractivity contribution in [3.8, 4) is 11.5 Å². The van der Waals surface area contributed by atoms with Gasteiger partial charge in [0.1, 0.15) is 6.61 Å². The molecule has 0 radical (unpaired) electrons. The molecule has 3 heterocycles. The van der Waals surface area contributed by atoms with E-state index in [0.717, 1.165) is 39.4 Å². The first-order chi connectivity index (χ1) is 11.7. The number of fused-ring (bicyclic) bond motifs is 1. The zero-order chi connectivity index (χ0) is 16.5. The Morgan fingerprint density at radius 1 is 1.12 bits per heavy atom. The zero-order valence-electron chi connectivity index (χ0n) is 14.0. The molecule has 1 aromatic rings. The summed E-state index contributed by atoms with van der Waals surface area (Å²) >= 11 is 0. The average Bonchev–Trinajstić information content (AvgIpc) is 3.03. The van der Waals surface area contributed by atoms with Gasteiger partial charge in [0.25, 0.3) is 5.91 Å². The van der Waals surface area contributed by atoms with Gasteiger partial charge in [0.05, 0.1) is 13.2 Å². The van der Waals surface area contributed by atoms with Crippen LogP contribution in [0.1, 0.15) is 6.92 Å². The summed E-state index contributed by atoms with van der Waals surface area (Å²) in [4.78, 5) is 17.3. The number of benzene rings is 1. The standard InChI is InChI=1S/C18H24N2O4/c1-13-10-20(11-14(13)19-6-8-22-9-7-19)18(21)17-12-23-15-4-2-3-5-16(15)24-17/h2-5,13-14,17H,6-12H2,1H3/t13-,14-,17-/m1/s1. The van der Waals surface area contributed by atoms with Crippen molar-refractivity contribution in [2.24, 2.45) is 5.92 Å². The molecular formula is C18H24N2O4. The molecule has 0 aromatic heterocycles.